The maximum atomic E-state index is 13.0. The van der Waals surface area contributed by atoms with E-state index in [-0.39, 0.29) is 16.8 Å². The predicted molar refractivity (Wildman–Crippen MR) is 126 cm³/mol. The second kappa shape index (κ2) is 9.50. The maximum Gasteiger partial charge on any atom is 0.339 e. The second-order valence-electron chi connectivity index (χ2n) is 7.56. The summed E-state index contributed by atoms with van der Waals surface area (Å²) in [7, 11) is 1.58. The van der Waals surface area contributed by atoms with Crippen molar-refractivity contribution in [3.63, 3.8) is 0 Å². The Hall–Kier alpha value is -4.59. The molecule has 34 heavy (non-hydrogen) atoms. The van der Waals surface area contributed by atoms with Crippen LogP contribution in [-0.4, -0.2) is 35.4 Å². The first kappa shape index (κ1) is 22.6. The van der Waals surface area contributed by atoms with Gasteiger partial charge in [-0.1, -0.05) is 18.2 Å². The Labute approximate surface area is 194 Å². The molecule has 0 atom stereocenters. The number of hydrogen-bond acceptors (Lipinski definition) is 7. The lowest BCUT2D eigenvalue weighted by Gasteiger charge is -2.12. The molecular formula is C26H20N2O6. The summed E-state index contributed by atoms with van der Waals surface area (Å²) in [5, 5.41) is 11.4. The van der Waals surface area contributed by atoms with Gasteiger partial charge in [-0.2, -0.15) is 0 Å². The average molecular weight is 456 g/mol. The molecule has 4 aromatic rings. The molecule has 1 aromatic heterocycles. The summed E-state index contributed by atoms with van der Waals surface area (Å²) >= 11 is 0. The molecule has 0 fully saturated rings. The summed E-state index contributed by atoms with van der Waals surface area (Å²) in [6.45, 7) is 1.41. The van der Waals surface area contributed by atoms with Crippen LogP contribution in [0.3, 0.4) is 0 Å². The third-order valence-electron chi connectivity index (χ3n) is 5.38. The van der Waals surface area contributed by atoms with Crippen LogP contribution in [0.2, 0.25) is 0 Å². The number of aryl methyl sites for hydroxylation is 1. The number of ether oxygens (including phenoxy) is 2. The van der Waals surface area contributed by atoms with Crippen molar-refractivity contribution < 1.29 is 24.0 Å². The molecule has 0 N–H and O–H groups in total. The van der Waals surface area contributed by atoms with Crippen molar-refractivity contribution in [3.8, 4) is 17.0 Å². The monoisotopic (exact) mass is 456 g/mol. The highest BCUT2D eigenvalue weighted by atomic mass is 16.6. The average Bonchev–Trinajstić information content (AvgIpc) is 2.87. The highest BCUT2D eigenvalue weighted by molar-refractivity contribution is 6.06. The van der Waals surface area contributed by atoms with Gasteiger partial charge in [0.15, 0.2) is 12.4 Å². The summed E-state index contributed by atoms with van der Waals surface area (Å²) < 4.78 is 10.5. The third-order valence-corrected chi connectivity index (χ3v) is 5.38. The van der Waals surface area contributed by atoms with Gasteiger partial charge in [0.1, 0.15) is 5.75 Å². The van der Waals surface area contributed by atoms with Crippen molar-refractivity contribution in [3.05, 3.63) is 99.6 Å². The molecule has 0 aliphatic carbocycles. The Morgan fingerprint density at radius 2 is 1.71 bits per heavy atom. The van der Waals surface area contributed by atoms with Crippen LogP contribution in [0.4, 0.5) is 5.69 Å². The van der Waals surface area contributed by atoms with Crippen molar-refractivity contribution >= 4 is 28.3 Å². The Kier molecular flexibility index (Phi) is 6.31. The van der Waals surface area contributed by atoms with Crippen molar-refractivity contribution in [1.29, 1.82) is 0 Å². The number of Topliss-reactive ketones (excluding diaryl/α,β-unsaturated/α-hetero) is 1. The number of rotatable bonds is 7. The first-order chi connectivity index (χ1) is 16.4. The summed E-state index contributed by atoms with van der Waals surface area (Å²) in [5.41, 5.74) is 3.30. The van der Waals surface area contributed by atoms with Crippen molar-refractivity contribution in [2.24, 2.45) is 0 Å². The Bertz CT molecular complexity index is 1400. The number of carbonyl (C=O) groups is 2. The number of hydrogen-bond donors (Lipinski definition) is 0. The molecule has 0 saturated heterocycles. The normalized spacial score (nSPS) is 10.6. The van der Waals surface area contributed by atoms with Gasteiger partial charge in [0, 0.05) is 28.6 Å². The van der Waals surface area contributed by atoms with Crippen LogP contribution >= 0.6 is 0 Å². The number of nitro benzene ring substituents is 1. The van der Waals surface area contributed by atoms with Crippen molar-refractivity contribution in [2.45, 2.75) is 6.92 Å². The summed E-state index contributed by atoms with van der Waals surface area (Å²) in [5.74, 6) is -0.429. The van der Waals surface area contributed by atoms with Gasteiger partial charge in [0.2, 0.25) is 0 Å². The Balaban J connectivity index is 1.62. The molecule has 8 nitrogen and oxygen atoms in total. The van der Waals surface area contributed by atoms with Crippen LogP contribution in [0.25, 0.3) is 22.2 Å². The number of pyridine rings is 1. The van der Waals surface area contributed by atoms with Crippen molar-refractivity contribution in [1.82, 2.24) is 4.98 Å². The number of non-ortho nitro benzene ring substituents is 1. The summed E-state index contributed by atoms with van der Waals surface area (Å²) in [4.78, 5) is 40.5. The fourth-order valence-corrected chi connectivity index (χ4v) is 3.53. The first-order valence-electron chi connectivity index (χ1n) is 10.4. The molecule has 0 saturated carbocycles. The maximum absolute atomic E-state index is 13.0. The minimum absolute atomic E-state index is 0.127. The summed E-state index contributed by atoms with van der Waals surface area (Å²) in [6.07, 6.45) is 0. The smallest absolute Gasteiger partial charge is 0.339 e. The molecule has 0 aliphatic rings. The van der Waals surface area contributed by atoms with E-state index in [1.807, 2.05) is 31.2 Å². The molecule has 170 valence electrons. The van der Waals surface area contributed by atoms with Gasteiger partial charge in [-0.3, -0.25) is 14.9 Å². The molecule has 0 unspecified atom stereocenters. The lowest BCUT2D eigenvalue weighted by molar-refractivity contribution is -0.384. The topological polar surface area (TPSA) is 109 Å². The number of esters is 1. The van der Waals surface area contributed by atoms with E-state index in [0.29, 0.717) is 22.3 Å². The Morgan fingerprint density at radius 3 is 2.35 bits per heavy atom. The first-order valence-corrected chi connectivity index (χ1v) is 10.4. The van der Waals surface area contributed by atoms with Crippen LogP contribution in [0.15, 0.2) is 72.8 Å². The van der Waals surface area contributed by atoms with E-state index in [1.54, 1.807) is 31.4 Å². The van der Waals surface area contributed by atoms with E-state index in [2.05, 4.69) is 0 Å². The summed E-state index contributed by atoms with van der Waals surface area (Å²) in [6, 6.07) is 19.6. The molecule has 0 bridgehead atoms. The van der Waals surface area contributed by atoms with Crippen molar-refractivity contribution in [2.75, 3.05) is 13.7 Å². The SMILES string of the molecule is COc1ccc(-c2cc(C(=O)OCC(=O)c3ccc([N+](=O)[O-])cc3)c3cccc(C)c3n2)cc1. The van der Waals surface area contributed by atoms with Gasteiger partial charge in [-0.05, 0) is 55.0 Å². The molecule has 0 radical (unpaired) electrons. The minimum atomic E-state index is -0.664. The number of fused-ring (bicyclic) bond motifs is 1. The fourth-order valence-electron chi connectivity index (χ4n) is 3.53. The van der Waals surface area contributed by atoms with Gasteiger partial charge in [0.25, 0.3) is 5.69 Å². The molecule has 3 aromatic carbocycles. The number of benzene rings is 3. The third kappa shape index (κ3) is 4.61. The zero-order valence-electron chi connectivity index (χ0n) is 18.5. The van der Waals surface area contributed by atoms with E-state index >= 15 is 0 Å². The van der Waals surface area contributed by atoms with E-state index in [9.17, 15) is 19.7 Å². The lowest BCUT2D eigenvalue weighted by atomic mass is 10.0. The zero-order valence-corrected chi connectivity index (χ0v) is 18.5. The van der Waals surface area contributed by atoms with E-state index in [0.717, 1.165) is 11.1 Å². The lowest BCUT2D eigenvalue weighted by Crippen LogP contribution is -2.15. The van der Waals surface area contributed by atoms with Crippen LogP contribution in [0, 0.1) is 17.0 Å². The van der Waals surface area contributed by atoms with Gasteiger partial charge >= 0.3 is 5.97 Å². The fraction of sp³-hybridized carbons (Fsp3) is 0.115. The van der Waals surface area contributed by atoms with Crippen LogP contribution in [-0.2, 0) is 4.74 Å². The minimum Gasteiger partial charge on any atom is -0.497 e. The molecule has 0 amide bonds. The number of aromatic nitrogens is 1. The molecule has 8 heteroatoms. The Morgan fingerprint density at radius 1 is 1.00 bits per heavy atom. The number of nitro groups is 1. The van der Waals surface area contributed by atoms with Gasteiger partial charge in [-0.25, -0.2) is 9.78 Å². The quantitative estimate of drug-likeness (QED) is 0.163. The number of methoxy groups -OCH3 is 1. The number of carbonyl (C=O) groups excluding carboxylic acids is 2. The zero-order chi connectivity index (χ0) is 24.2. The molecular weight excluding hydrogens is 436 g/mol. The van der Waals surface area contributed by atoms with Gasteiger partial charge in [-0.15, -0.1) is 0 Å². The van der Waals surface area contributed by atoms with Gasteiger partial charge < -0.3 is 9.47 Å². The number of para-hydroxylation sites is 1. The molecule has 0 aliphatic heterocycles. The highest BCUT2D eigenvalue weighted by Gasteiger charge is 2.18. The second-order valence-corrected chi connectivity index (χ2v) is 7.56. The molecule has 1 heterocycles. The number of ketones is 1. The van der Waals surface area contributed by atoms with E-state index in [4.69, 9.17) is 14.5 Å². The van der Waals surface area contributed by atoms with E-state index < -0.39 is 23.3 Å². The van der Waals surface area contributed by atoms with Crippen LogP contribution < -0.4 is 4.74 Å². The molecule has 4 rings (SSSR count). The van der Waals surface area contributed by atoms with Crippen LogP contribution in [0.1, 0.15) is 26.3 Å². The molecule has 0 spiro atoms. The standard InChI is InChI=1S/C26H20N2O6/c1-16-4-3-5-21-22(14-23(27-25(16)21)17-8-12-20(33-2)13-9-17)26(30)34-15-24(29)18-6-10-19(11-7-18)28(31)32/h3-14H,15H2,1-2H3. The highest BCUT2D eigenvalue weighted by Crippen LogP contribution is 2.28. The van der Waals surface area contributed by atoms with E-state index in [1.165, 1.54) is 24.3 Å². The van der Waals surface area contributed by atoms with Crippen LogP contribution in [0.5, 0.6) is 5.75 Å². The predicted octanol–water partition coefficient (Wildman–Crippen LogP) is 5.17. The van der Waals surface area contributed by atoms with Gasteiger partial charge in [0.05, 0.1) is 28.8 Å². The largest absolute Gasteiger partial charge is 0.497 e. The number of nitrogens with zero attached hydrogens (tertiary/aromatic N) is 2.